The molecule has 1 amide bonds. The van der Waals surface area contributed by atoms with Gasteiger partial charge in [-0.2, -0.15) is 0 Å². The zero-order chi connectivity index (χ0) is 21.3. The molecule has 1 saturated heterocycles. The Hall–Kier alpha value is -2.28. The predicted molar refractivity (Wildman–Crippen MR) is 116 cm³/mol. The summed E-state index contributed by atoms with van der Waals surface area (Å²) in [5.74, 6) is 0.858. The van der Waals surface area contributed by atoms with Gasteiger partial charge in [-0.1, -0.05) is 23.7 Å². The molecule has 0 radical (unpaired) electrons. The minimum absolute atomic E-state index is 0.0775. The second-order valence-electron chi connectivity index (χ2n) is 8.13. The van der Waals surface area contributed by atoms with Gasteiger partial charge in [-0.05, 0) is 42.3 Å². The summed E-state index contributed by atoms with van der Waals surface area (Å²) in [6.45, 7) is 0.301. The van der Waals surface area contributed by atoms with Crippen molar-refractivity contribution >= 4 is 23.2 Å². The number of halogens is 1. The summed E-state index contributed by atoms with van der Waals surface area (Å²) in [7, 11) is 4.01. The number of hydrogen-bond donors (Lipinski definition) is 2. The number of aliphatic hydroxyl groups excluding tert-OH is 1. The summed E-state index contributed by atoms with van der Waals surface area (Å²) >= 11 is 5.90. The number of amides is 1. The molecule has 2 aliphatic heterocycles. The fourth-order valence-electron chi connectivity index (χ4n) is 4.24. The Morgan fingerprint density at radius 1 is 1.23 bits per heavy atom. The highest BCUT2D eigenvalue weighted by molar-refractivity contribution is 6.30. The molecule has 160 valence electrons. The topological polar surface area (TPSA) is 71.0 Å². The molecule has 4 rings (SSSR count). The van der Waals surface area contributed by atoms with Gasteiger partial charge < -0.3 is 24.8 Å². The van der Waals surface area contributed by atoms with Crippen LogP contribution in [0.25, 0.3) is 0 Å². The van der Waals surface area contributed by atoms with Gasteiger partial charge in [0.05, 0.1) is 19.1 Å². The summed E-state index contributed by atoms with van der Waals surface area (Å²) < 4.78 is 12.1. The average Bonchev–Trinajstić information content (AvgIpc) is 3.10. The zero-order valence-electron chi connectivity index (χ0n) is 17.2. The summed E-state index contributed by atoms with van der Waals surface area (Å²) in [5.41, 5.74) is 3.21. The molecule has 2 N–H and O–H groups in total. The van der Waals surface area contributed by atoms with Gasteiger partial charge >= 0.3 is 0 Å². The van der Waals surface area contributed by atoms with E-state index in [1.54, 1.807) is 12.1 Å². The molecule has 6 nitrogen and oxygen atoms in total. The van der Waals surface area contributed by atoms with E-state index in [0.29, 0.717) is 18.0 Å². The molecular weight excluding hydrogens is 404 g/mol. The molecule has 2 aliphatic rings. The van der Waals surface area contributed by atoms with Gasteiger partial charge in [0.2, 0.25) is 5.91 Å². The molecule has 30 heavy (non-hydrogen) atoms. The van der Waals surface area contributed by atoms with Crippen molar-refractivity contribution in [1.82, 2.24) is 5.32 Å². The highest BCUT2D eigenvalue weighted by Crippen LogP contribution is 2.47. The minimum atomic E-state index is -0.451. The highest BCUT2D eigenvalue weighted by Gasteiger charge is 2.46. The molecule has 2 heterocycles. The van der Waals surface area contributed by atoms with Crippen molar-refractivity contribution in [3.63, 3.8) is 0 Å². The van der Waals surface area contributed by atoms with E-state index in [2.05, 4.69) is 16.3 Å². The number of hydrogen-bond acceptors (Lipinski definition) is 5. The monoisotopic (exact) mass is 430 g/mol. The van der Waals surface area contributed by atoms with Crippen molar-refractivity contribution in [2.75, 3.05) is 25.6 Å². The fourth-order valence-corrected chi connectivity index (χ4v) is 4.36. The molecule has 4 atom stereocenters. The number of rotatable bonds is 6. The smallest absolute Gasteiger partial charge is 0.222 e. The van der Waals surface area contributed by atoms with Crippen LogP contribution < -0.4 is 15.0 Å². The molecule has 2 aromatic carbocycles. The molecule has 0 unspecified atom stereocenters. The normalized spacial score (nSPS) is 24.5. The van der Waals surface area contributed by atoms with Crippen molar-refractivity contribution in [3.8, 4) is 5.75 Å². The highest BCUT2D eigenvalue weighted by atomic mass is 35.5. The van der Waals surface area contributed by atoms with Gasteiger partial charge in [0, 0.05) is 42.8 Å². The standard InChI is InChI=1S/C23H27ClN2O4/c1-26(2)16-7-8-20-18(9-16)19-10-17(29-21(13-27)23(19)30-20)11-22(28)25-12-14-3-5-15(24)6-4-14/h3-9,17,19,21,23,27H,10-13H2,1-2H3,(H,25,28)/t17-,19-,21-,23+/m0/s1. The number of nitrogens with one attached hydrogen (secondary N) is 1. The van der Waals surface area contributed by atoms with Gasteiger partial charge in [0.15, 0.2) is 0 Å². The number of ether oxygens (including phenoxy) is 2. The molecule has 2 aromatic rings. The summed E-state index contributed by atoms with van der Waals surface area (Å²) in [6, 6.07) is 13.5. The third kappa shape index (κ3) is 4.41. The Kier molecular flexibility index (Phi) is 6.18. The molecule has 0 saturated carbocycles. The number of anilines is 1. The molecule has 1 fully saturated rings. The van der Waals surface area contributed by atoms with E-state index in [1.165, 1.54) is 0 Å². The van der Waals surface area contributed by atoms with Crippen LogP contribution in [0.15, 0.2) is 42.5 Å². The van der Waals surface area contributed by atoms with Crippen molar-refractivity contribution in [2.24, 2.45) is 0 Å². The predicted octanol–water partition coefficient (Wildman–Crippen LogP) is 3.11. The van der Waals surface area contributed by atoms with E-state index in [1.807, 2.05) is 38.4 Å². The second-order valence-corrected chi connectivity index (χ2v) is 8.56. The van der Waals surface area contributed by atoms with E-state index in [0.717, 1.165) is 22.6 Å². The third-order valence-corrected chi connectivity index (χ3v) is 6.07. The lowest BCUT2D eigenvalue weighted by molar-refractivity contribution is -0.142. The van der Waals surface area contributed by atoms with E-state index in [9.17, 15) is 9.90 Å². The minimum Gasteiger partial charge on any atom is -0.487 e. The largest absolute Gasteiger partial charge is 0.487 e. The number of carbonyl (C=O) groups excluding carboxylic acids is 1. The van der Waals surface area contributed by atoms with Crippen molar-refractivity contribution < 1.29 is 19.4 Å². The summed E-state index contributed by atoms with van der Waals surface area (Å²) in [5, 5.41) is 13.5. The third-order valence-electron chi connectivity index (χ3n) is 5.82. The fraction of sp³-hybridized carbons (Fsp3) is 0.435. The Bertz CT molecular complexity index is 903. The quantitative estimate of drug-likeness (QED) is 0.736. The van der Waals surface area contributed by atoms with Crippen LogP contribution >= 0.6 is 11.6 Å². The van der Waals surface area contributed by atoms with Crippen molar-refractivity contribution in [1.29, 1.82) is 0 Å². The maximum absolute atomic E-state index is 12.5. The first kappa shape index (κ1) is 21.0. The lowest BCUT2D eigenvalue weighted by atomic mass is 9.84. The van der Waals surface area contributed by atoms with E-state index >= 15 is 0 Å². The first-order valence-electron chi connectivity index (χ1n) is 10.2. The summed E-state index contributed by atoms with van der Waals surface area (Å²) in [6.07, 6.45) is -0.0231. The molecule has 0 bridgehead atoms. The van der Waals surface area contributed by atoms with E-state index in [4.69, 9.17) is 21.1 Å². The van der Waals surface area contributed by atoms with Crippen LogP contribution in [0.1, 0.15) is 29.9 Å². The van der Waals surface area contributed by atoms with Gasteiger partial charge in [-0.25, -0.2) is 0 Å². The van der Waals surface area contributed by atoms with Crippen LogP contribution in [0.2, 0.25) is 5.02 Å². The first-order valence-corrected chi connectivity index (χ1v) is 10.6. The van der Waals surface area contributed by atoms with Gasteiger partial charge in [-0.3, -0.25) is 4.79 Å². The summed E-state index contributed by atoms with van der Waals surface area (Å²) in [4.78, 5) is 14.6. The van der Waals surface area contributed by atoms with Crippen LogP contribution in [0.4, 0.5) is 5.69 Å². The SMILES string of the molecule is CN(C)c1ccc2c(c1)[C@@H]1C[C@@H](CC(=O)NCc3ccc(Cl)cc3)O[C@@H](CO)[C@@H]1O2. The van der Waals surface area contributed by atoms with Crippen LogP contribution in [0.5, 0.6) is 5.75 Å². The Morgan fingerprint density at radius 2 is 2.00 bits per heavy atom. The van der Waals surface area contributed by atoms with Gasteiger partial charge in [0.1, 0.15) is 18.0 Å². The van der Waals surface area contributed by atoms with Gasteiger partial charge in [0.25, 0.3) is 0 Å². The van der Waals surface area contributed by atoms with E-state index in [-0.39, 0.29) is 37.1 Å². The lowest BCUT2D eigenvalue weighted by Crippen LogP contribution is -2.47. The Morgan fingerprint density at radius 3 is 2.70 bits per heavy atom. The van der Waals surface area contributed by atoms with Crippen LogP contribution in [-0.2, 0) is 16.1 Å². The van der Waals surface area contributed by atoms with Crippen LogP contribution in [0, 0.1) is 0 Å². The van der Waals surface area contributed by atoms with Crippen LogP contribution in [0.3, 0.4) is 0 Å². The first-order chi connectivity index (χ1) is 14.4. The number of fused-ring (bicyclic) bond motifs is 3. The Labute approximate surface area is 181 Å². The average molecular weight is 431 g/mol. The van der Waals surface area contributed by atoms with Crippen LogP contribution in [-0.4, -0.2) is 50.0 Å². The number of carbonyl (C=O) groups is 1. The number of benzene rings is 2. The number of nitrogens with zero attached hydrogens (tertiary/aromatic N) is 1. The maximum Gasteiger partial charge on any atom is 0.222 e. The van der Waals surface area contributed by atoms with Gasteiger partial charge in [-0.15, -0.1) is 0 Å². The molecule has 7 heteroatoms. The molecule has 0 aliphatic carbocycles. The molecule has 0 aromatic heterocycles. The van der Waals surface area contributed by atoms with Crippen molar-refractivity contribution in [2.45, 2.75) is 43.6 Å². The number of aliphatic hydroxyl groups is 1. The lowest BCUT2D eigenvalue weighted by Gasteiger charge is -2.37. The molecule has 0 spiro atoms. The van der Waals surface area contributed by atoms with E-state index < -0.39 is 6.10 Å². The second kappa shape index (κ2) is 8.84. The Balaban J connectivity index is 1.42. The zero-order valence-corrected chi connectivity index (χ0v) is 17.9. The van der Waals surface area contributed by atoms with Crippen molar-refractivity contribution in [3.05, 3.63) is 58.6 Å². The maximum atomic E-state index is 12.5. The molecular formula is C23H27ClN2O4.